The molecule has 0 spiro atoms. The summed E-state index contributed by atoms with van der Waals surface area (Å²) >= 11 is 4.80. The number of rotatable bonds is 3. The Morgan fingerprint density at radius 3 is 3.00 bits per heavy atom. The number of benzene rings is 1. The van der Waals surface area contributed by atoms with Gasteiger partial charge in [0.25, 0.3) is 0 Å². The second-order valence-corrected chi connectivity index (χ2v) is 4.57. The Morgan fingerprint density at radius 2 is 2.39 bits per heavy atom. The number of aliphatic hydroxyl groups excluding tert-OH is 1. The Morgan fingerprint density at radius 1 is 1.61 bits per heavy atom. The Balaban J connectivity index is 2.29. The second-order valence-electron chi connectivity index (χ2n) is 4.14. The maximum Gasteiger partial charge on any atom is 0.147 e. The van der Waals surface area contributed by atoms with Gasteiger partial charge in [-0.1, -0.05) is 12.2 Å². The number of morpholine rings is 1. The van der Waals surface area contributed by atoms with Gasteiger partial charge < -0.3 is 20.5 Å². The van der Waals surface area contributed by atoms with Crippen LogP contribution in [0.2, 0.25) is 0 Å². The smallest absolute Gasteiger partial charge is 0.147 e. The van der Waals surface area contributed by atoms with E-state index in [1.54, 1.807) is 12.1 Å². The normalized spacial score (nSPS) is 19.9. The second kappa shape index (κ2) is 5.60. The van der Waals surface area contributed by atoms with Crippen LogP contribution in [0, 0.1) is 5.82 Å². The molecule has 1 atom stereocenters. The average Bonchev–Trinajstić information content (AvgIpc) is 2.38. The van der Waals surface area contributed by atoms with E-state index in [0.717, 1.165) is 0 Å². The molecule has 4 nitrogen and oxygen atoms in total. The van der Waals surface area contributed by atoms with Gasteiger partial charge in [0.1, 0.15) is 10.8 Å². The highest BCUT2D eigenvalue weighted by atomic mass is 32.1. The molecule has 1 aromatic rings. The lowest BCUT2D eigenvalue weighted by Crippen LogP contribution is -2.48. The summed E-state index contributed by atoms with van der Waals surface area (Å²) in [5.74, 6) is -0.388. The Hall–Kier alpha value is -1.24. The van der Waals surface area contributed by atoms with Crippen molar-refractivity contribution in [1.82, 2.24) is 0 Å². The number of aliphatic hydroxyl groups is 1. The molecule has 1 aliphatic heterocycles. The average molecular weight is 270 g/mol. The van der Waals surface area contributed by atoms with Crippen LogP contribution >= 0.6 is 12.2 Å². The predicted molar refractivity (Wildman–Crippen MR) is 71.3 cm³/mol. The van der Waals surface area contributed by atoms with Crippen LogP contribution in [-0.2, 0) is 4.74 Å². The number of anilines is 1. The number of halogens is 1. The number of nitrogens with two attached hydrogens (primary N) is 1. The zero-order valence-electron chi connectivity index (χ0n) is 9.80. The molecular weight excluding hydrogens is 255 g/mol. The molecule has 3 N–H and O–H groups in total. The van der Waals surface area contributed by atoms with Gasteiger partial charge in [-0.2, -0.15) is 0 Å². The van der Waals surface area contributed by atoms with Gasteiger partial charge in [0.05, 0.1) is 31.5 Å². The Labute approximate surface area is 110 Å². The van der Waals surface area contributed by atoms with Crippen LogP contribution in [0.3, 0.4) is 0 Å². The van der Waals surface area contributed by atoms with Gasteiger partial charge in [-0.25, -0.2) is 4.39 Å². The first-order valence-corrected chi connectivity index (χ1v) is 6.09. The maximum absolute atomic E-state index is 14.0. The minimum Gasteiger partial charge on any atom is -0.394 e. The first kappa shape index (κ1) is 13.2. The van der Waals surface area contributed by atoms with Crippen molar-refractivity contribution in [3.8, 4) is 0 Å². The Kier molecular flexibility index (Phi) is 4.11. The summed E-state index contributed by atoms with van der Waals surface area (Å²) in [6, 6.07) is 4.42. The third-order valence-electron chi connectivity index (χ3n) is 2.98. The first-order chi connectivity index (χ1) is 8.63. The van der Waals surface area contributed by atoms with E-state index in [9.17, 15) is 9.50 Å². The minimum atomic E-state index is -0.388. The summed E-state index contributed by atoms with van der Waals surface area (Å²) in [6.07, 6.45) is 0. The fourth-order valence-electron chi connectivity index (χ4n) is 2.02. The molecular formula is C12H15FN2O2S. The summed E-state index contributed by atoms with van der Waals surface area (Å²) in [7, 11) is 0. The first-order valence-electron chi connectivity index (χ1n) is 5.68. The lowest BCUT2D eigenvalue weighted by molar-refractivity contribution is 0.0723. The van der Waals surface area contributed by atoms with Crippen LogP contribution in [0.1, 0.15) is 5.56 Å². The largest absolute Gasteiger partial charge is 0.394 e. The van der Waals surface area contributed by atoms with E-state index in [-0.39, 0.29) is 23.5 Å². The van der Waals surface area contributed by atoms with Gasteiger partial charge in [0, 0.05) is 12.1 Å². The molecule has 1 unspecified atom stereocenters. The number of hydrogen-bond acceptors (Lipinski definition) is 4. The van der Waals surface area contributed by atoms with Gasteiger partial charge in [-0.3, -0.25) is 0 Å². The molecule has 0 aliphatic carbocycles. The zero-order chi connectivity index (χ0) is 13.1. The molecule has 0 aromatic heterocycles. The molecule has 0 saturated carbocycles. The predicted octanol–water partition coefficient (Wildman–Crippen LogP) is 0.657. The summed E-state index contributed by atoms with van der Waals surface area (Å²) in [6.45, 7) is 1.39. The molecule has 0 amide bonds. The van der Waals surface area contributed by atoms with Crippen molar-refractivity contribution in [3.05, 3.63) is 29.6 Å². The molecule has 1 aliphatic rings. The highest BCUT2D eigenvalue weighted by Gasteiger charge is 2.24. The third-order valence-corrected chi connectivity index (χ3v) is 3.22. The van der Waals surface area contributed by atoms with Gasteiger partial charge >= 0.3 is 0 Å². The highest BCUT2D eigenvalue weighted by Crippen LogP contribution is 2.24. The van der Waals surface area contributed by atoms with E-state index >= 15 is 0 Å². The van der Waals surface area contributed by atoms with Crippen LogP contribution in [0.25, 0.3) is 0 Å². The topological polar surface area (TPSA) is 58.7 Å². The quantitative estimate of drug-likeness (QED) is 0.790. The number of nitrogens with zero attached hydrogens (tertiary/aromatic N) is 1. The lowest BCUT2D eigenvalue weighted by Gasteiger charge is -2.36. The summed E-state index contributed by atoms with van der Waals surface area (Å²) in [5, 5.41) is 9.27. The highest BCUT2D eigenvalue weighted by molar-refractivity contribution is 7.80. The minimum absolute atomic E-state index is 0.0729. The van der Waals surface area contributed by atoms with Crippen LogP contribution < -0.4 is 10.6 Å². The third kappa shape index (κ3) is 2.60. The maximum atomic E-state index is 14.0. The molecule has 1 fully saturated rings. The lowest BCUT2D eigenvalue weighted by atomic mass is 10.1. The van der Waals surface area contributed by atoms with Crippen LogP contribution in [0.4, 0.5) is 10.1 Å². The zero-order valence-corrected chi connectivity index (χ0v) is 10.6. The van der Waals surface area contributed by atoms with Gasteiger partial charge in [-0.15, -0.1) is 0 Å². The van der Waals surface area contributed by atoms with E-state index in [4.69, 9.17) is 22.7 Å². The van der Waals surface area contributed by atoms with E-state index < -0.39 is 0 Å². The van der Waals surface area contributed by atoms with Crippen molar-refractivity contribution < 1.29 is 14.2 Å². The van der Waals surface area contributed by atoms with Crippen molar-refractivity contribution in [3.63, 3.8) is 0 Å². The molecule has 1 saturated heterocycles. The standard InChI is InChI=1S/C12H15FN2O2S/c13-10-5-8(12(14)18)1-2-11(10)15-3-4-17-7-9(15)6-16/h1-2,5,9,16H,3-4,6-7H2,(H2,14,18). The van der Waals surface area contributed by atoms with Crippen molar-refractivity contribution in [2.24, 2.45) is 5.73 Å². The van der Waals surface area contributed by atoms with Crippen LogP contribution in [-0.4, -0.2) is 42.5 Å². The Bertz CT molecular complexity index is 456. The van der Waals surface area contributed by atoms with Gasteiger partial charge in [-0.05, 0) is 18.2 Å². The van der Waals surface area contributed by atoms with Gasteiger partial charge in [0.2, 0.25) is 0 Å². The summed E-state index contributed by atoms with van der Waals surface area (Å²) in [4.78, 5) is 1.98. The number of hydrogen-bond donors (Lipinski definition) is 2. The molecule has 0 radical (unpaired) electrons. The van der Waals surface area contributed by atoms with E-state index in [0.29, 0.717) is 31.0 Å². The fraction of sp³-hybridized carbons (Fsp3) is 0.417. The van der Waals surface area contributed by atoms with Crippen molar-refractivity contribution in [2.75, 3.05) is 31.3 Å². The van der Waals surface area contributed by atoms with E-state index in [2.05, 4.69) is 0 Å². The number of thiocarbonyl (C=S) groups is 1. The van der Waals surface area contributed by atoms with Crippen molar-refractivity contribution in [1.29, 1.82) is 0 Å². The van der Waals surface area contributed by atoms with Gasteiger partial charge in [0.15, 0.2) is 0 Å². The monoisotopic (exact) mass is 270 g/mol. The summed E-state index contributed by atoms with van der Waals surface area (Å²) < 4.78 is 19.3. The molecule has 2 rings (SSSR count). The van der Waals surface area contributed by atoms with E-state index in [1.807, 2.05) is 4.90 Å². The number of ether oxygens (including phenoxy) is 1. The van der Waals surface area contributed by atoms with E-state index in [1.165, 1.54) is 6.07 Å². The van der Waals surface area contributed by atoms with Crippen LogP contribution in [0.15, 0.2) is 18.2 Å². The molecule has 18 heavy (non-hydrogen) atoms. The molecule has 1 heterocycles. The summed E-state index contributed by atoms with van der Waals surface area (Å²) in [5.41, 5.74) is 6.40. The SMILES string of the molecule is NC(=S)c1ccc(N2CCOCC2CO)c(F)c1. The fourth-order valence-corrected chi connectivity index (χ4v) is 2.14. The molecule has 0 bridgehead atoms. The van der Waals surface area contributed by atoms with Crippen LogP contribution in [0.5, 0.6) is 0 Å². The molecule has 6 heteroatoms. The molecule has 98 valence electrons. The van der Waals surface area contributed by atoms with Crippen molar-refractivity contribution >= 4 is 22.9 Å². The van der Waals surface area contributed by atoms with Crippen molar-refractivity contribution in [2.45, 2.75) is 6.04 Å². The molecule has 1 aromatic carbocycles.